The maximum Gasteiger partial charge on any atom is 0.416 e. The number of benzene rings is 1. The van der Waals surface area contributed by atoms with Gasteiger partial charge in [-0.2, -0.15) is 13.2 Å². The van der Waals surface area contributed by atoms with Gasteiger partial charge in [0.1, 0.15) is 18.2 Å². The van der Waals surface area contributed by atoms with Gasteiger partial charge in [-0.3, -0.25) is 14.4 Å². The molecule has 1 saturated heterocycles. The standard InChI is InChI=1S/C25H23F4N7O3/c26-17-8-15(7-16(9-17)25(27,28)29)23(38)34-21-18-12-31-20(37)13-36(18)22(33-21)24(39)32-11-14-3-4-19(30-10-14)35-5-1-2-6-35/h3-4,7-10H,1-2,5-6,11-13H2,(H,31,37)(H,32,39)(H,34,38). The predicted molar refractivity (Wildman–Crippen MR) is 130 cm³/mol. The second-order valence-electron chi connectivity index (χ2n) is 9.18. The van der Waals surface area contributed by atoms with Crippen molar-refractivity contribution in [3.8, 4) is 0 Å². The number of hydrogen-bond donors (Lipinski definition) is 3. The normalized spacial score (nSPS) is 15.1. The summed E-state index contributed by atoms with van der Waals surface area (Å²) in [6.07, 6.45) is -0.969. The number of fused-ring (bicyclic) bond motifs is 1. The van der Waals surface area contributed by atoms with Gasteiger partial charge in [0.15, 0.2) is 5.82 Å². The molecule has 14 heteroatoms. The molecule has 0 atom stereocenters. The molecular formula is C25H23F4N7O3. The monoisotopic (exact) mass is 545 g/mol. The second kappa shape index (κ2) is 10.3. The molecule has 0 radical (unpaired) electrons. The zero-order valence-corrected chi connectivity index (χ0v) is 20.4. The summed E-state index contributed by atoms with van der Waals surface area (Å²) in [6, 6.07) is 5.17. The molecule has 0 saturated carbocycles. The summed E-state index contributed by atoms with van der Waals surface area (Å²) >= 11 is 0. The van der Waals surface area contributed by atoms with Crippen molar-refractivity contribution < 1.29 is 31.9 Å². The van der Waals surface area contributed by atoms with E-state index >= 15 is 0 Å². The summed E-state index contributed by atoms with van der Waals surface area (Å²) in [6.45, 7) is 1.66. The third kappa shape index (κ3) is 5.68. The molecule has 5 rings (SSSR count). The predicted octanol–water partition coefficient (Wildman–Crippen LogP) is 2.85. The summed E-state index contributed by atoms with van der Waals surface area (Å²) in [5, 5.41) is 7.61. The fourth-order valence-electron chi connectivity index (χ4n) is 4.47. The van der Waals surface area contributed by atoms with Gasteiger partial charge in [0.05, 0.1) is 17.8 Å². The van der Waals surface area contributed by atoms with Crippen LogP contribution in [0.1, 0.15) is 50.6 Å². The maximum absolute atomic E-state index is 13.8. The molecule has 204 valence electrons. The van der Waals surface area contributed by atoms with Crippen molar-refractivity contribution in [2.45, 2.75) is 38.7 Å². The van der Waals surface area contributed by atoms with Gasteiger partial charge in [-0.05, 0) is 42.7 Å². The van der Waals surface area contributed by atoms with E-state index in [1.54, 1.807) is 6.20 Å². The highest BCUT2D eigenvalue weighted by Crippen LogP contribution is 2.31. The van der Waals surface area contributed by atoms with Crippen LogP contribution in [0, 0.1) is 5.82 Å². The average molecular weight is 545 g/mol. The van der Waals surface area contributed by atoms with E-state index in [-0.39, 0.29) is 43.0 Å². The fraction of sp³-hybridized carbons (Fsp3) is 0.320. The minimum absolute atomic E-state index is 0.0897. The first-order valence-electron chi connectivity index (χ1n) is 12.1. The SMILES string of the molecule is O=C1Cn2c(C(=O)NCc3ccc(N4CCCC4)nc3)nc(NC(=O)c3cc(F)cc(C(F)(F)F)c3)c2CN1. The van der Waals surface area contributed by atoms with Gasteiger partial charge < -0.3 is 25.4 Å². The van der Waals surface area contributed by atoms with Crippen LogP contribution in [0.5, 0.6) is 0 Å². The first-order chi connectivity index (χ1) is 18.6. The summed E-state index contributed by atoms with van der Waals surface area (Å²) in [5.74, 6) is -2.79. The third-order valence-corrected chi connectivity index (χ3v) is 6.44. The second-order valence-corrected chi connectivity index (χ2v) is 9.18. The van der Waals surface area contributed by atoms with Gasteiger partial charge in [0.2, 0.25) is 11.7 Å². The molecule has 1 fully saturated rings. The first-order valence-corrected chi connectivity index (χ1v) is 12.1. The number of carbonyl (C=O) groups excluding carboxylic acids is 3. The summed E-state index contributed by atoms with van der Waals surface area (Å²) in [5.41, 5.74) is -0.915. The smallest absolute Gasteiger partial charge is 0.357 e. The van der Waals surface area contributed by atoms with Crippen molar-refractivity contribution in [1.82, 2.24) is 25.2 Å². The highest BCUT2D eigenvalue weighted by Gasteiger charge is 2.33. The van der Waals surface area contributed by atoms with Crippen molar-refractivity contribution in [3.05, 3.63) is 70.6 Å². The highest BCUT2D eigenvalue weighted by atomic mass is 19.4. The lowest BCUT2D eigenvalue weighted by atomic mass is 10.1. The molecule has 3 N–H and O–H groups in total. The van der Waals surface area contributed by atoms with Crippen LogP contribution in [0.3, 0.4) is 0 Å². The van der Waals surface area contributed by atoms with Crippen molar-refractivity contribution in [2.75, 3.05) is 23.3 Å². The van der Waals surface area contributed by atoms with Gasteiger partial charge in [-0.15, -0.1) is 0 Å². The summed E-state index contributed by atoms with van der Waals surface area (Å²) in [7, 11) is 0. The molecule has 1 aromatic carbocycles. The van der Waals surface area contributed by atoms with Gasteiger partial charge in [-0.1, -0.05) is 6.07 Å². The number of nitrogens with zero attached hydrogens (tertiary/aromatic N) is 4. The van der Waals surface area contributed by atoms with Crippen LogP contribution in [0.15, 0.2) is 36.5 Å². The Labute approximate surface area is 219 Å². The van der Waals surface area contributed by atoms with Gasteiger partial charge in [-0.25, -0.2) is 14.4 Å². The summed E-state index contributed by atoms with van der Waals surface area (Å²) < 4.78 is 54.3. The van der Waals surface area contributed by atoms with E-state index in [1.807, 2.05) is 12.1 Å². The lowest BCUT2D eigenvalue weighted by molar-refractivity contribution is -0.137. The van der Waals surface area contributed by atoms with Gasteiger partial charge in [0.25, 0.3) is 11.8 Å². The zero-order valence-electron chi connectivity index (χ0n) is 20.4. The number of anilines is 2. The lowest BCUT2D eigenvalue weighted by Crippen LogP contribution is -2.37. The fourth-order valence-corrected chi connectivity index (χ4v) is 4.47. The molecule has 3 amide bonds. The number of nitrogens with one attached hydrogen (secondary N) is 3. The van der Waals surface area contributed by atoms with Crippen LogP contribution < -0.4 is 20.9 Å². The van der Waals surface area contributed by atoms with Crippen molar-refractivity contribution in [1.29, 1.82) is 0 Å². The number of halogens is 4. The summed E-state index contributed by atoms with van der Waals surface area (Å²) in [4.78, 5) is 48.5. The lowest BCUT2D eigenvalue weighted by Gasteiger charge is -2.18. The minimum atomic E-state index is -4.86. The van der Waals surface area contributed by atoms with Crippen LogP contribution in [0.4, 0.5) is 29.2 Å². The molecule has 0 bridgehead atoms. The molecule has 0 spiro atoms. The molecule has 10 nitrogen and oxygen atoms in total. The van der Waals surface area contributed by atoms with Crippen LogP contribution in [-0.4, -0.2) is 45.3 Å². The van der Waals surface area contributed by atoms with E-state index in [0.29, 0.717) is 12.1 Å². The average Bonchev–Trinajstić information content (AvgIpc) is 3.55. The molecule has 3 aromatic rings. The van der Waals surface area contributed by atoms with E-state index in [4.69, 9.17) is 0 Å². The maximum atomic E-state index is 13.8. The van der Waals surface area contributed by atoms with Gasteiger partial charge in [0, 0.05) is 31.4 Å². The minimum Gasteiger partial charge on any atom is -0.357 e. The molecule has 0 aliphatic carbocycles. The van der Waals surface area contributed by atoms with E-state index in [2.05, 4.69) is 30.8 Å². The van der Waals surface area contributed by atoms with Crippen molar-refractivity contribution in [3.63, 3.8) is 0 Å². The highest BCUT2D eigenvalue weighted by molar-refractivity contribution is 6.05. The Balaban J connectivity index is 1.33. The number of pyridine rings is 1. The third-order valence-electron chi connectivity index (χ3n) is 6.44. The number of amides is 3. The number of alkyl halides is 3. The molecule has 0 unspecified atom stereocenters. The number of imidazole rings is 1. The van der Waals surface area contributed by atoms with E-state index in [1.165, 1.54) is 4.57 Å². The van der Waals surface area contributed by atoms with Crippen LogP contribution in [-0.2, 0) is 30.6 Å². The van der Waals surface area contributed by atoms with E-state index in [9.17, 15) is 31.9 Å². The quantitative estimate of drug-likeness (QED) is 0.410. The molecule has 2 aromatic heterocycles. The van der Waals surface area contributed by atoms with Crippen LogP contribution >= 0.6 is 0 Å². The number of hydrogen-bond acceptors (Lipinski definition) is 6. The largest absolute Gasteiger partial charge is 0.416 e. The Morgan fingerprint density at radius 2 is 1.85 bits per heavy atom. The van der Waals surface area contributed by atoms with Crippen molar-refractivity contribution in [2.24, 2.45) is 0 Å². The molecular weight excluding hydrogens is 522 g/mol. The first kappa shape index (κ1) is 26.1. The zero-order chi connectivity index (χ0) is 27.7. The molecule has 2 aliphatic rings. The van der Waals surface area contributed by atoms with Crippen LogP contribution in [0.25, 0.3) is 0 Å². The number of carbonyl (C=O) groups is 3. The Morgan fingerprint density at radius 1 is 1.08 bits per heavy atom. The van der Waals surface area contributed by atoms with Crippen LogP contribution in [0.2, 0.25) is 0 Å². The Kier molecular flexibility index (Phi) is 6.93. The topological polar surface area (TPSA) is 121 Å². The van der Waals surface area contributed by atoms with E-state index < -0.39 is 40.8 Å². The Bertz CT molecular complexity index is 1430. The molecule has 4 heterocycles. The van der Waals surface area contributed by atoms with Gasteiger partial charge >= 0.3 is 6.18 Å². The Hall–Kier alpha value is -4.49. The van der Waals surface area contributed by atoms with E-state index in [0.717, 1.165) is 37.3 Å². The molecule has 39 heavy (non-hydrogen) atoms. The molecule has 2 aliphatic heterocycles. The van der Waals surface area contributed by atoms with Crippen molar-refractivity contribution >= 4 is 29.4 Å². The number of aromatic nitrogens is 3. The number of rotatable bonds is 6. The Morgan fingerprint density at radius 3 is 2.54 bits per heavy atom.